The SMILES string of the molecule is COc1ccc(CC(N)C2CCOC3(CCCC3)C2)cc1. The van der Waals surface area contributed by atoms with Crippen molar-refractivity contribution >= 4 is 0 Å². The Labute approximate surface area is 127 Å². The predicted octanol–water partition coefficient (Wildman–Crippen LogP) is 3.30. The quantitative estimate of drug-likeness (QED) is 0.925. The monoisotopic (exact) mass is 289 g/mol. The van der Waals surface area contributed by atoms with Gasteiger partial charge in [0.05, 0.1) is 12.7 Å². The molecular formula is C18H27NO2. The van der Waals surface area contributed by atoms with Crippen LogP contribution >= 0.6 is 0 Å². The van der Waals surface area contributed by atoms with Gasteiger partial charge in [0.2, 0.25) is 0 Å². The first kappa shape index (κ1) is 14.9. The Morgan fingerprint density at radius 1 is 1.29 bits per heavy atom. The average Bonchev–Trinajstić information content (AvgIpc) is 2.96. The summed E-state index contributed by atoms with van der Waals surface area (Å²) in [6.07, 6.45) is 8.33. The van der Waals surface area contributed by atoms with Crippen LogP contribution in [0.4, 0.5) is 0 Å². The summed E-state index contributed by atoms with van der Waals surface area (Å²) in [5, 5.41) is 0. The van der Waals surface area contributed by atoms with E-state index in [9.17, 15) is 0 Å². The third-order valence-corrected chi connectivity index (χ3v) is 5.28. The molecular weight excluding hydrogens is 262 g/mol. The van der Waals surface area contributed by atoms with E-state index in [0.717, 1.165) is 31.6 Å². The molecule has 1 spiro atoms. The minimum Gasteiger partial charge on any atom is -0.497 e. The first-order valence-corrected chi connectivity index (χ1v) is 8.23. The lowest BCUT2D eigenvalue weighted by molar-refractivity contribution is -0.0960. The highest BCUT2D eigenvalue weighted by molar-refractivity contribution is 5.27. The second kappa shape index (κ2) is 6.37. The van der Waals surface area contributed by atoms with E-state index in [1.165, 1.54) is 31.2 Å². The van der Waals surface area contributed by atoms with Crippen LogP contribution in [0.5, 0.6) is 5.75 Å². The molecule has 1 saturated heterocycles. The molecule has 2 atom stereocenters. The molecule has 1 aliphatic heterocycles. The van der Waals surface area contributed by atoms with Crippen LogP contribution in [-0.4, -0.2) is 25.4 Å². The lowest BCUT2D eigenvalue weighted by atomic mass is 9.79. The van der Waals surface area contributed by atoms with Crippen molar-refractivity contribution in [2.24, 2.45) is 11.7 Å². The maximum Gasteiger partial charge on any atom is 0.118 e. The van der Waals surface area contributed by atoms with E-state index < -0.39 is 0 Å². The molecule has 2 aliphatic rings. The Morgan fingerprint density at radius 2 is 2.00 bits per heavy atom. The van der Waals surface area contributed by atoms with Crippen LogP contribution in [0.25, 0.3) is 0 Å². The van der Waals surface area contributed by atoms with E-state index in [1.54, 1.807) is 7.11 Å². The first-order valence-electron chi connectivity index (χ1n) is 8.23. The Balaban J connectivity index is 1.60. The third-order valence-electron chi connectivity index (χ3n) is 5.28. The fourth-order valence-electron chi connectivity index (χ4n) is 4.00. The van der Waals surface area contributed by atoms with E-state index in [-0.39, 0.29) is 11.6 Å². The summed E-state index contributed by atoms with van der Waals surface area (Å²) in [6, 6.07) is 8.53. The number of hydrogen-bond donors (Lipinski definition) is 1. The van der Waals surface area contributed by atoms with E-state index in [1.807, 2.05) is 12.1 Å². The fourth-order valence-corrected chi connectivity index (χ4v) is 4.00. The van der Waals surface area contributed by atoms with Gasteiger partial charge in [-0.2, -0.15) is 0 Å². The molecule has 1 aromatic carbocycles. The van der Waals surface area contributed by atoms with Gasteiger partial charge in [0.15, 0.2) is 0 Å². The highest BCUT2D eigenvalue weighted by Crippen LogP contribution is 2.42. The Kier molecular flexibility index (Phi) is 4.51. The Morgan fingerprint density at radius 3 is 2.67 bits per heavy atom. The summed E-state index contributed by atoms with van der Waals surface area (Å²) in [6.45, 7) is 0.890. The molecule has 3 heteroatoms. The van der Waals surface area contributed by atoms with Crippen molar-refractivity contribution in [3.8, 4) is 5.75 Å². The smallest absolute Gasteiger partial charge is 0.118 e. The average molecular weight is 289 g/mol. The van der Waals surface area contributed by atoms with Crippen LogP contribution in [0.2, 0.25) is 0 Å². The minimum absolute atomic E-state index is 0.167. The van der Waals surface area contributed by atoms with Crippen molar-refractivity contribution in [1.82, 2.24) is 0 Å². The van der Waals surface area contributed by atoms with Crippen molar-refractivity contribution in [3.05, 3.63) is 29.8 Å². The van der Waals surface area contributed by atoms with Crippen LogP contribution in [-0.2, 0) is 11.2 Å². The zero-order valence-electron chi connectivity index (χ0n) is 13.0. The van der Waals surface area contributed by atoms with Crippen molar-refractivity contribution in [2.45, 2.75) is 56.6 Å². The molecule has 0 aromatic heterocycles. The highest BCUT2D eigenvalue weighted by Gasteiger charge is 2.41. The molecule has 1 heterocycles. The number of ether oxygens (including phenoxy) is 2. The molecule has 3 nitrogen and oxygen atoms in total. The molecule has 0 amide bonds. The van der Waals surface area contributed by atoms with Gasteiger partial charge in [-0.3, -0.25) is 0 Å². The predicted molar refractivity (Wildman–Crippen MR) is 84.5 cm³/mol. The van der Waals surface area contributed by atoms with Gasteiger partial charge in [0, 0.05) is 12.6 Å². The topological polar surface area (TPSA) is 44.5 Å². The number of benzene rings is 1. The van der Waals surface area contributed by atoms with Crippen molar-refractivity contribution in [3.63, 3.8) is 0 Å². The molecule has 1 saturated carbocycles. The summed E-state index contributed by atoms with van der Waals surface area (Å²) in [5.41, 5.74) is 7.98. The van der Waals surface area contributed by atoms with Gasteiger partial charge in [-0.25, -0.2) is 0 Å². The van der Waals surface area contributed by atoms with Gasteiger partial charge in [0.25, 0.3) is 0 Å². The van der Waals surface area contributed by atoms with Crippen molar-refractivity contribution in [2.75, 3.05) is 13.7 Å². The van der Waals surface area contributed by atoms with Crippen molar-refractivity contribution in [1.29, 1.82) is 0 Å². The summed E-state index contributed by atoms with van der Waals surface area (Å²) in [5.74, 6) is 1.50. The summed E-state index contributed by atoms with van der Waals surface area (Å²) in [4.78, 5) is 0. The molecule has 1 aliphatic carbocycles. The van der Waals surface area contributed by atoms with Crippen LogP contribution < -0.4 is 10.5 Å². The van der Waals surface area contributed by atoms with E-state index in [4.69, 9.17) is 15.2 Å². The van der Waals surface area contributed by atoms with Gasteiger partial charge in [0.1, 0.15) is 5.75 Å². The minimum atomic E-state index is 0.167. The van der Waals surface area contributed by atoms with Gasteiger partial charge in [-0.1, -0.05) is 25.0 Å². The number of hydrogen-bond acceptors (Lipinski definition) is 3. The standard InChI is InChI=1S/C18H27NO2/c1-20-16-6-4-14(5-7-16)12-17(19)15-8-11-21-18(13-15)9-2-3-10-18/h4-7,15,17H,2-3,8-13,19H2,1H3. The first-order chi connectivity index (χ1) is 10.2. The molecule has 2 unspecified atom stereocenters. The highest BCUT2D eigenvalue weighted by atomic mass is 16.5. The molecule has 116 valence electrons. The van der Waals surface area contributed by atoms with E-state index in [0.29, 0.717) is 5.92 Å². The maximum absolute atomic E-state index is 6.52. The van der Waals surface area contributed by atoms with Gasteiger partial charge in [-0.15, -0.1) is 0 Å². The van der Waals surface area contributed by atoms with Gasteiger partial charge >= 0.3 is 0 Å². The molecule has 21 heavy (non-hydrogen) atoms. The third kappa shape index (κ3) is 3.41. The van der Waals surface area contributed by atoms with Crippen LogP contribution in [0, 0.1) is 5.92 Å². The number of methoxy groups -OCH3 is 1. The normalized spacial score (nSPS) is 25.9. The van der Waals surface area contributed by atoms with Gasteiger partial charge in [-0.05, 0) is 55.7 Å². The zero-order valence-corrected chi connectivity index (χ0v) is 13.0. The van der Waals surface area contributed by atoms with E-state index >= 15 is 0 Å². The second-order valence-electron chi connectivity index (χ2n) is 6.71. The molecule has 0 radical (unpaired) electrons. The van der Waals surface area contributed by atoms with Crippen LogP contribution in [0.3, 0.4) is 0 Å². The number of nitrogens with two attached hydrogens (primary N) is 1. The molecule has 2 fully saturated rings. The molecule has 1 aromatic rings. The van der Waals surface area contributed by atoms with Crippen LogP contribution in [0.1, 0.15) is 44.1 Å². The zero-order chi connectivity index (χ0) is 14.7. The molecule has 2 N–H and O–H groups in total. The molecule has 3 rings (SSSR count). The van der Waals surface area contributed by atoms with Crippen LogP contribution in [0.15, 0.2) is 24.3 Å². The Bertz CT molecular complexity index is 451. The number of rotatable bonds is 4. The summed E-state index contributed by atoms with van der Waals surface area (Å²) < 4.78 is 11.3. The fraction of sp³-hybridized carbons (Fsp3) is 0.667. The Hall–Kier alpha value is -1.06. The molecule has 0 bridgehead atoms. The van der Waals surface area contributed by atoms with E-state index in [2.05, 4.69) is 12.1 Å². The summed E-state index contributed by atoms with van der Waals surface area (Å²) >= 11 is 0. The summed E-state index contributed by atoms with van der Waals surface area (Å²) in [7, 11) is 1.70. The van der Waals surface area contributed by atoms with Crippen molar-refractivity contribution < 1.29 is 9.47 Å². The largest absolute Gasteiger partial charge is 0.497 e. The second-order valence-corrected chi connectivity index (χ2v) is 6.71. The lowest BCUT2D eigenvalue weighted by Gasteiger charge is -2.40. The maximum atomic E-state index is 6.52. The van der Waals surface area contributed by atoms with Gasteiger partial charge < -0.3 is 15.2 Å². The lowest BCUT2D eigenvalue weighted by Crippen LogP contribution is -2.44.